The number of hydrogen-bond donors (Lipinski definition) is 1. The van der Waals surface area contributed by atoms with Gasteiger partial charge in [0.25, 0.3) is 0 Å². The number of hydrogen-bond acceptors (Lipinski definition) is 2. The molecule has 1 aliphatic carbocycles. The third-order valence-electron chi connectivity index (χ3n) is 4.58. The smallest absolute Gasteiger partial charge is 0.248 e. The van der Waals surface area contributed by atoms with E-state index in [4.69, 9.17) is 0 Å². The monoisotopic (exact) mass is 278 g/mol. The molecule has 2 amide bonds. The maximum Gasteiger partial charge on any atom is 0.248 e. The van der Waals surface area contributed by atoms with Crippen LogP contribution in [0.3, 0.4) is 0 Å². The van der Waals surface area contributed by atoms with E-state index < -0.39 is 5.54 Å². The van der Waals surface area contributed by atoms with Crippen LogP contribution in [0, 0.1) is 0 Å². The Bertz CT molecular complexity index is 417. The standard InChI is InChI=1S/C16H26N2O2/c1-3-16(2)15(20)18(12-10-14(19)17-16)11-9-13-7-5-4-6-8-13/h7H,3-6,8-12H2,1-2H3,(H,17,19). The van der Waals surface area contributed by atoms with Gasteiger partial charge in [0, 0.05) is 19.5 Å². The fourth-order valence-corrected chi connectivity index (χ4v) is 2.97. The normalized spacial score (nSPS) is 27.9. The van der Waals surface area contributed by atoms with Crippen LogP contribution in [-0.4, -0.2) is 35.3 Å². The lowest BCUT2D eigenvalue weighted by atomic mass is 9.95. The second-order valence-electron chi connectivity index (χ2n) is 6.13. The van der Waals surface area contributed by atoms with Crippen LogP contribution in [-0.2, 0) is 9.59 Å². The molecule has 20 heavy (non-hydrogen) atoms. The average Bonchev–Trinajstić information content (AvgIpc) is 2.57. The van der Waals surface area contributed by atoms with Gasteiger partial charge in [0.05, 0.1) is 0 Å². The third kappa shape index (κ3) is 3.41. The SMILES string of the molecule is CCC1(C)NC(=O)CCN(CCC2=CCCCC2)C1=O. The van der Waals surface area contributed by atoms with Crippen molar-refractivity contribution in [2.24, 2.45) is 0 Å². The van der Waals surface area contributed by atoms with Gasteiger partial charge in [-0.25, -0.2) is 0 Å². The summed E-state index contributed by atoms with van der Waals surface area (Å²) in [4.78, 5) is 26.2. The molecule has 0 spiro atoms. The second-order valence-corrected chi connectivity index (χ2v) is 6.13. The molecular formula is C16H26N2O2. The highest BCUT2D eigenvalue weighted by atomic mass is 16.2. The van der Waals surface area contributed by atoms with Crippen LogP contribution >= 0.6 is 0 Å². The zero-order chi connectivity index (χ0) is 14.6. The molecule has 2 aliphatic rings. The minimum absolute atomic E-state index is 0.0120. The van der Waals surface area contributed by atoms with Gasteiger partial charge < -0.3 is 10.2 Å². The van der Waals surface area contributed by atoms with Gasteiger partial charge in [0.2, 0.25) is 11.8 Å². The third-order valence-corrected chi connectivity index (χ3v) is 4.58. The molecule has 1 heterocycles. The van der Waals surface area contributed by atoms with Crippen molar-refractivity contribution in [3.63, 3.8) is 0 Å². The van der Waals surface area contributed by atoms with E-state index in [1.165, 1.54) is 31.3 Å². The van der Waals surface area contributed by atoms with Crippen molar-refractivity contribution < 1.29 is 9.59 Å². The summed E-state index contributed by atoms with van der Waals surface area (Å²) in [5, 5.41) is 2.88. The van der Waals surface area contributed by atoms with Gasteiger partial charge in [0.1, 0.15) is 5.54 Å². The van der Waals surface area contributed by atoms with Gasteiger partial charge >= 0.3 is 0 Å². The van der Waals surface area contributed by atoms with Crippen LogP contribution in [0.4, 0.5) is 0 Å². The van der Waals surface area contributed by atoms with Crippen LogP contribution in [0.1, 0.15) is 58.8 Å². The first-order valence-electron chi connectivity index (χ1n) is 7.83. The van der Waals surface area contributed by atoms with Gasteiger partial charge in [-0.1, -0.05) is 18.6 Å². The van der Waals surface area contributed by atoms with Crippen LogP contribution < -0.4 is 5.32 Å². The lowest BCUT2D eigenvalue weighted by molar-refractivity contribution is -0.138. The number of carbonyl (C=O) groups is 2. The number of carbonyl (C=O) groups excluding carboxylic acids is 2. The van der Waals surface area contributed by atoms with Gasteiger partial charge in [-0.05, 0) is 45.4 Å². The van der Waals surface area contributed by atoms with Crippen LogP contribution in [0.2, 0.25) is 0 Å². The van der Waals surface area contributed by atoms with Crippen molar-refractivity contribution in [2.75, 3.05) is 13.1 Å². The fraction of sp³-hybridized carbons (Fsp3) is 0.750. The maximum atomic E-state index is 12.6. The Morgan fingerprint density at radius 2 is 2.10 bits per heavy atom. The van der Waals surface area contributed by atoms with Gasteiger partial charge in [-0.15, -0.1) is 0 Å². The van der Waals surface area contributed by atoms with Crippen molar-refractivity contribution >= 4 is 11.8 Å². The van der Waals surface area contributed by atoms with E-state index in [1.54, 1.807) is 0 Å². The second kappa shape index (κ2) is 6.42. The summed E-state index contributed by atoms with van der Waals surface area (Å²) in [7, 11) is 0. The first-order chi connectivity index (χ1) is 9.55. The van der Waals surface area contributed by atoms with Crippen molar-refractivity contribution in [3.05, 3.63) is 11.6 Å². The molecule has 2 rings (SSSR count). The molecular weight excluding hydrogens is 252 g/mol. The highest BCUT2D eigenvalue weighted by Gasteiger charge is 2.38. The van der Waals surface area contributed by atoms with Gasteiger partial charge in [-0.2, -0.15) is 0 Å². The minimum atomic E-state index is -0.728. The molecule has 0 bridgehead atoms. The van der Waals surface area contributed by atoms with E-state index in [1.807, 2.05) is 18.7 Å². The summed E-state index contributed by atoms with van der Waals surface area (Å²) in [5.74, 6) is 0.0596. The molecule has 1 N–H and O–H groups in total. The Balaban J connectivity index is 2.00. The molecule has 1 aliphatic heterocycles. The molecule has 1 unspecified atom stereocenters. The summed E-state index contributed by atoms with van der Waals surface area (Å²) in [5.41, 5.74) is 0.750. The largest absolute Gasteiger partial charge is 0.342 e. The Hall–Kier alpha value is -1.32. The predicted octanol–water partition coefficient (Wildman–Crippen LogP) is 2.39. The van der Waals surface area contributed by atoms with Crippen molar-refractivity contribution in [1.29, 1.82) is 0 Å². The predicted molar refractivity (Wildman–Crippen MR) is 79.2 cm³/mol. The summed E-state index contributed by atoms with van der Waals surface area (Å²) in [6.07, 6.45) is 9.25. The zero-order valence-electron chi connectivity index (χ0n) is 12.7. The number of nitrogens with one attached hydrogen (secondary N) is 1. The van der Waals surface area contributed by atoms with Crippen LogP contribution in [0.15, 0.2) is 11.6 Å². The maximum absolute atomic E-state index is 12.6. The molecule has 0 radical (unpaired) electrons. The fourth-order valence-electron chi connectivity index (χ4n) is 2.97. The quantitative estimate of drug-likeness (QED) is 0.803. The lowest BCUT2D eigenvalue weighted by Gasteiger charge is -2.31. The van der Waals surface area contributed by atoms with E-state index in [0.717, 1.165) is 13.0 Å². The lowest BCUT2D eigenvalue weighted by Crippen LogP contribution is -2.54. The minimum Gasteiger partial charge on any atom is -0.342 e. The molecule has 0 aromatic heterocycles. The summed E-state index contributed by atoms with van der Waals surface area (Å²) in [6, 6.07) is 0. The average molecular weight is 278 g/mol. The molecule has 0 aromatic rings. The Labute approximate surface area is 121 Å². The Morgan fingerprint density at radius 3 is 2.75 bits per heavy atom. The number of nitrogens with zero attached hydrogens (tertiary/aromatic N) is 1. The molecule has 4 nitrogen and oxygen atoms in total. The molecule has 4 heteroatoms. The van der Waals surface area contributed by atoms with Crippen molar-refractivity contribution in [1.82, 2.24) is 10.2 Å². The number of amides is 2. The highest BCUT2D eigenvalue weighted by molar-refractivity contribution is 5.93. The molecule has 0 aromatic carbocycles. The summed E-state index contributed by atoms with van der Waals surface area (Å²) >= 11 is 0. The highest BCUT2D eigenvalue weighted by Crippen LogP contribution is 2.22. The van der Waals surface area contributed by atoms with Gasteiger partial charge in [-0.3, -0.25) is 9.59 Å². The molecule has 0 saturated carbocycles. The van der Waals surface area contributed by atoms with Crippen LogP contribution in [0.25, 0.3) is 0 Å². The van der Waals surface area contributed by atoms with Crippen LogP contribution in [0.5, 0.6) is 0 Å². The van der Waals surface area contributed by atoms with Crippen molar-refractivity contribution in [3.8, 4) is 0 Å². The van der Waals surface area contributed by atoms with Crippen molar-refractivity contribution in [2.45, 2.75) is 64.3 Å². The molecule has 112 valence electrons. The summed E-state index contributed by atoms with van der Waals surface area (Å²) < 4.78 is 0. The summed E-state index contributed by atoms with van der Waals surface area (Å²) in [6.45, 7) is 5.08. The first kappa shape index (κ1) is 15.1. The molecule has 1 atom stereocenters. The first-order valence-corrected chi connectivity index (χ1v) is 7.83. The van der Waals surface area contributed by atoms with Gasteiger partial charge in [0.15, 0.2) is 0 Å². The van der Waals surface area contributed by atoms with E-state index in [2.05, 4.69) is 11.4 Å². The topological polar surface area (TPSA) is 49.4 Å². The van der Waals surface area contributed by atoms with E-state index >= 15 is 0 Å². The Morgan fingerprint density at radius 1 is 1.30 bits per heavy atom. The molecule has 1 saturated heterocycles. The Kier molecular flexibility index (Phi) is 4.84. The van der Waals surface area contributed by atoms with E-state index in [-0.39, 0.29) is 11.8 Å². The molecule has 1 fully saturated rings. The van der Waals surface area contributed by atoms with E-state index in [0.29, 0.717) is 19.4 Å². The number of allylic oxidation sites excluding steroid dienone is 1. The zero-order valence-corrected chi connectivity index (χ0v) is 12.7. The number of rotatable bonds is 4. The van der Waals surface area contributed by atoms with E-state index in [9.17, 15) is 9.59 Å².